The van der Waals surface area contributed by atoms with E-state index < -0.39 is 0 Å². The van der Waals surface area contributed by atoms with Crippen LogP contribution in [0.3, 0.4) is 0 Å². The Kier molecular flexibility index (Phi) is 6.26. The molecule has 0 radical (unpaired) electrons. The molecule has 21 heavy (non-hydrogen) atoms. The standard InChI is InChI=1S/C16H23N3S2/c1-4-17-16(18-11-15-6-5-9-20-15)19-12(2)10-14-8-7-13(3)21-14/h5-9,12H,4,10-11H2,1-3H3,(H2,17,18,19). The zero-order valence-corrected chi connectivity index (χ0v) is 14.5. The summed E-state index contributed by atoms with van der Waals surface area (Å²) in [6.45, 7) is 8.06. The molecule has 0 aliphatic rings. The van der Waals surface area contributed by atoms with Crippen LogP contribution in [-0.4, -0.2) is 18.5 Å². The van der Waals surface area contributed by atoms with Crippen molar-refractivity contribution in [3.63, 3.8) is 0 Å². The van der Waals surface area contributed by atoms with Gasteiger partial charge in [-0.1, -0.05) is 6.07 Å². The van der Waals surface area contributed by atoms with Gasteiger partial charge in [-0.25, -0.2) is 4.99 Å². The molecule has 1 atom stereocenters. The van der Waals surface area contributed by atoms with Crippen molar-refractivity contribution in [2.24, 2.45) is 4.99 Å². The molecule has 0 amide bonds. The third-order valence-corrected chi connectivity index (χ3v) is 4.89. The normalized spacial score (nSPS) is 13.2. The van der Waals surface area contributed by atoms with Crippen molar-refractivity contribution < 1.29 is 0 Å². The predicted octanol–water partition coefficient (Wildman–Crippen LogP) is 3.80. The number of hydrogen-bond donors (Lipinski definition) is 2. The van der Waals surface area contributed by atoms with Gasteiger partial charge in [0.05, 0.1) is 6.54 Å². The molecule has 2 heterocycles. The van der Waals surface area contributed by atoms with Crippen LogP contribution in [0.1, 0.15) is 28.5 Å². The van der Waals surface area contributed by atoms with E-state index in [0.29, 0.717) is 6.04 Å². The molecule has 0 aliphatic heterocycles. The summed E-state index contributed by atoms with van der Waals surface area (Å²) in [7, 11) is 0. The average Bonchev–Trinajstić information content (AvgIpc) is 3.08. The maximum absolute atomic E-state index is 4.65. The number of nitrogens with one attached hydrogen (secondary N) is 2. The van der Waals surface area contributed by atoms with Gasteiger partial charge in [-0.2, -0.15) is 0 Å². The van der Waals surface area contributed by atoms with Crippen molar-refractivity contribution in [1.29, 1.82) is 0 Å². The Morgan fingerprint density at radius 2 is 2.14 bits per heavy atom. The first-order valence-electron chi connectivity index (χ1n) is 7.30. The minimum atomic E-state index is 0.365. The number of rotatable bonds is 6. The largest absolute Gasteiger partial charge is 0.357 e. The van der Waals surface area contributed by atoms with E-state index in [1.54, 1.807) is 11.3 Å². The van der Waals surface area contributed by atoms with E-state index in [1.807, 2.05) is 11.3 Å². The van der Waals surface area contributed by atoms with Crippen molar-refractivity contribution in [1.82, 2.24) is 10.6 Å². The highest BCUT2D eigenvalue weighted by molar-refractivity contribution is 7.11. The first-order chi connectivity index (χ1) is 10.2. The molecule has 2 aromatic rings. The first-order valence-corrected chi connectivity index (χ1v) is 8.99. The molecule has 2 N–H and O–H groups in total. The van der Waals surface area contributed by atoms with Crippen molar-refractivity contribution >= 4 is 28.6 Å². The third-order valence-electron chi connectivity index (χ3n) is 3.00. The SMILES string of the molecule is CCNC(=NCc1cccs1)NC(C)Cc1ccc(C)s1. The maximum Gasteiger partial charge on any atom is 0.191 e. The van der Waals surface area contributed by atoms with Crippen molar-refractivity contribution in [2.45, 2.75) is 39.8 Å². The third kappa shape index (κ3) is 5.52. The Balaban J connectivity index is 1.90. The molecule has 2 aromatic heterocycles. The monoisotopic (exact) mass is 321 g/mol. The molecular weight excluding hydrogens is 298 g/mol. The maximum atomic E-state index is 4.65. The fourth-order valence-electron chi connectivity index (χ4n) is 2.06. The van der Waals surface area contributed by atoms with E-state index >= 15 is 0 Å². The zero-order valence-electron chi connectivity index (χ0n) is 12.8. The minimum absolute atomic E-state index is 0.365. The van der Waals surface area contributed by atoms with E-state index in [2.05, 4.69) is 66.0 Å². The number of guanidine groups is 1. The lowest BCUT2D eigenvalue weighted by molar-refractivity contribution is 0.645. The lowest BCUT2D eigenvalue weighted by Crippen LogP contribution is -2.43. The topological polar surface area (TPSA) is 36.4 Å². The fourth-order valence-corrected chi connectivity index (χ4v) is 3.71. The molecule has 0 bridgehead atoms. The molecule has 5 heteroatoms. The zero-order chi connectivity index (χ0) is 15.1. The van der Waals surface area contributed by atoms with Gasteiger partial charge in [0.1, 0.15) is 0 Å². The van der Waals surface area contributed by atoms with Crippen LogP contribution in [0.15, 0.2) is 34.6 Å². The van der Waals surface area contributed by atoms with Gasteiger partial charge >= 0.3 is 0 Å². The molecule has 0 fully saturated rings. The minimum Gasteiger partial charge on any atom is -0.357 e. The van der Waals surface area contributed by atoms with E-state index in [0.717, 1.165) is 25.5 Å². The predicted molar refractivity (Wildman–Crippen MR) is 94.5 cm³/mol. The number of thiophene rings is 2. The highest BCUT2D eigenvalue weighted by Crippen LogP contribution is 2.16. The molecular formula is C16H23N3S2. The molecule has 2 rings (SSSR count). The highest BCUT2D eigenvalue weighted by atomic mass is 32.1. The Labute approximate surface area is 135 Å². The quantitative estimate of drug-likeness (QED) is 0.627. The number of aryl methyl sites for hydroxylation is 1. The molecule has 0 aromatic carbocycles. The van der Waals surface area contributed by atoms with Gasteiger partial charge in [0.25, 0.3) is 0 Å². The molecule has 0 saturated carbocycles. The fraction of sp³-hybridized carbons (Fsp3) is 0.438. The van der Waals surface area contributed by atoms with Crippen molar-refractivity contribution in [3.8, 4) is 0 Å². The lowest BCUT2D eigenvalue weighted by atomic mass is 10.2. The summed E-state index contributed by atoms with van der Waals surface area (Å²) in [5, 5.41) is 8.89. The molecule has 0 spiro atoms. The Bertz CT molecular complexity index is 558. The molecule has 114 valence electrons. The summed E-state index contributed by atoms with van der Waals surface area (Å²) >= 11 is 3.62. The van der Waals surface area contributed by atoms with Gasteiger partial charge in [-0.15, -0.1) is 22.7 Å². The summed E-state index contributed by atoms with van der Waals surface area (Å²) in [6.07, 6.45) is 1.03. The lowest BCUT2D eigenvalue weighted by Gasteiger charge is -2.17. The molecule has 3 nitrogen and oxygen atoms in total. The Hall–Kier alpha value is -1.33. The molecule has 1 unspecified atom stereocenters. The summed E-state index contributed by atoms with van der Waals surface area (Å²) in [5.74, 6) is 0.895. The second-order valence-electron chi connectivity index (χ2n) is 5.04. The highest BCUT2D eigenvalue weighted by Gasteiger charge is 2.07. The summed E-state index contributed by atoms with van der Waals surface area (Å²) in [6, 6.07) is 8.95. The van der Waals surface area contributed by atoms with Crippen LogP contribution in [0.4, 0.5) is 0 Å². The van der Waals surface area contributed by atoms with E-state index in [-0.39, 0.29) is 0 Å². The number of hydrogen-bond acceptors (Lipinski definition) is 3. The Morgan fingerprint density at radius 3 is 2.76 bits per heavy atom. The van der Waals surface area contributed by atoms with Gasteiger partial charge in [0.2, 0.25) is 0 Å². The number of nitrogens with zero attached hydrogens (tertiary/aromatic N) is 1. The van der Waals surface area contributed by atoms with Gasteiger partial charge < -0.3 is 10.6 Å². The molecule has 0 aliphatic carbocycles. The second-order valence-corrected chi connectivity index (χ2v) is 7.44. The van der Waals surface area contributed by atoms with Crippen LogP contribution in [0.2, 0.25) is 0 Å². The van der Waals surface area contributed by atoms with Crippen LogP contribution < -0.4 is 10.6 Å². The van der Waals surface area contributed by atoms with Crippen LogP contribution in [0.5, 0.6) is 0 Å². The number of aliphatic imine (C=N–C) groups is 1. The van der Waals surface area contributed by atoms with Gasteiger partial charge in [0, 0.05) is 33.6 Å². The van der Waals surface area contributed by atoms with Crippen LogP contribution >= 0.6 is 22.7 Å². The smallest absolute Gasteiger partial charge is 0.191 e. The van der Waals surface area contributed by atoms with Gasteiger partial charge in [-0.05, 0) is 44.4 Å². The van der Waals surface area contributed by atoms with Gasteiger partial charge in [-0.3, -0.25) is 0 Å². The van der Waals surface area contributed by atoms with Crippen LogP contribution in [0, 0.1) is 6.92 Å². The van der Waals surface area contributed by atoms with E-state index in [4.69, 9.17) is 0 Å². The first kappa shape index (κ1) is 16.0. The van der Waals surface area contributed by atoms with E-state index in [9.17, 15) is 0 Å². The van der Waals surface area contributed by atoms with Crippen LogP contribution in [-0.2, 0) is 13.0 Å². The van der Waals surface area contributed by atoms with Crippen molar-refractivity contribution in [2.75, 3.05) is 6.54 Å². The van der Waals surface area contributed by atoms with Gasteiger partial charge in [0.15, 0.2) is 5.96 Å². The van der Waals surface area contributed by atoms with Crippen LogP contribution in [0.25, 0.3) is 0 Å². The summed E-state index contributed by atoms with van der Waals surface area (Å²) < 4.78 is 0. The van der Waals surface area contributed by atoms with Crippen molar-refractivity contribution in [3.05, 3.63) is 44.3 Å². The second kappa shape index (κ2) is 8.20. The van der Waals surface area contributed by atoms with E-state index in [1.165, 1.54) is 14.6 Å². The molecule has 0 saturated heterocycles. The average molecular weight is 322 g/mol. The Morgan fingerprint density at radius 1 is 1.29 bits per heavy atom. The summed E-state index contributed by atoms with van der Waals surface area (Å²) in [4.78, 5) is 8.73. The summed E-state index contributed by atoms with van der Waals surface area (Å²) in [5.41, 5.74) is 0.